The fourth-order valence-corrected chi connectivity index (χ4v) is 3.04. The highest BCUT2D eigenvalue weighted by molar-refractivity contribution is 7.98. The van der Waals surface area contributed by atoms with Crippen molar-refractivity contribution in [3.63, 3.8) is 0 Å². The average molecular weight is 261 g/mol. The number of hydrogen-bond donors (Lipinski definition) is 2. The van der Waals surface area contributed by atoms with E-state index in [4.69, 9.17) is 4.74 Å². The summed E-state index contributed by atoms with van der Waals surface area (Å²) in [6.45, 7) is 5.63. The summed E-state index contributed by atoms with van der Waals surface area (Å²) in [4.78, 5) is 0. The fraction of sp³-hybridized carbons (Fsp3) is 1.00. The maximum absolute atomic E-state index is 10.1. The molecule has 1 heterocycles. The van der Waals surface area contributed by atoms with Crippen molar-refractivity contribution in [2.24, 2.45) is 0 Å². The highest BCUT2D eigenvalue weighted by atomic mass is 32.2. The summed E-state index contributed by atoms with van der Waals surface area (Å²) >= 11 is 1.69. The molecular formula is C13H27NO2S. The zero-order valence-corrected chi connectivity index (χ0v) is 12.2. The lowest BCUT2D eigenvalue weighted by molar-refractivity contribution is -0.00818. The summed E-state index contributed by atoms with van der Waals surface area (Å²) in [5.41, 5.74) is -0.599. The predicted molar refractivity (Wildman–Crippen MR) is 74.7 cm³/mol. The van der Waals surface area contributed by atoms with Crippen molar-refractivity contribution in [1.82, 2.24) is 5.32 Å². The van der Waals surface area contributed by atoms with Crippen molar-refractivity contribution in [1.29, 1.82) is 0 Å². The zero-order chi connectivity index (χ0) is 12.7. The van der Waals surface area contributed by atoms with Crippen LogP contribution < -0.4 is 5.32 Å². The van der Waals surface area contributed by atoms with Gasteiger partial charge in [-0.15, -0.1) is 0 Å². The second-order valence-corrected chi connectivity index (χ2v) is 6.18. The van der Waals surface area contributed by atoms with Gasteiger partial charge in [0, 0.05) is 24.9 Å². The normalized spacial score (nSPS) is 28.9. The number of thioether (sulfide) groups is 1. The zero-order valence-electron chi connectivity index (χ0n) is 11.4. The van der Waals surface area contributed by atoms with Gasteiger partial charge in [-0.2, -0.15) is 11.8 Å². The fourth-order valence-electron chi connectivity index (χ4n) is 2.31. The van der Waals surface area contributed by atoms with Crippen molar-refractivity contribution in [3.8, 4) is 0 Å². The van der Waals surface area contributed by atoms with Gasteiger partial charge in [-0.05, 0) is 32.4 Å². The summed E-state index contributed by atoms with van der Waals surface area (Å²) in [5, 5.41) is 13.6. The van der Waals surface area contributed by atoms with Gasteiger partial charge in [0.15, 0.2) is 0 Å². The molecule has 0 amide bonds. The van der Waals surface area contributed by atoms with E-state index >= 15 is 0 Å². The minimum Gasteiger partial charge on any atom is -0.388 e. The van der Waals surface area contributed by atoms with Crippen LogP contribution in [0.5, 0.6) is 0 Å². The third-order valence-corrected chi connectivity index (χ3v) is 4.12. The van der Waals surface area contributed by atoms with Gasteiger partial charge >= 0.3 is 0 Å². The van der Waals surface area contributed by atoms with Crippen LogP contribution in [0.2, 0.25) is 0 Å². The van der Waals surface area contributed by atoms with E-state index in [1.54, 1.807) is 11.8 Å². The molecule has 1 fully saturated rings. The Hall–Kier alpha value is 0.230. The van der Waals surface area contributed by atoms with Crippen molar-refractivity contribution in [2.45, 2.75) is 57.3 Å². The summed E-state index contributed by atoms with van der Waals surface area (Å²) in [6, 6.07) is 0.508. The van der Waals surface area contributed by atoms with Gasteiger partial charge < -0.3 is 15.2 Å². The van der Waals surface area contributed by atoms with Gasteiger partial charge in [0.1, 0.15) is 0 Å². The van der Waals surface area contributed by atoms with Crippen LogP contribution in [0.25, 0.3) is 0 Å². The summed E-state index contributed by atoms with van der Waals surface area (Å²) in [7, 11) is 0. The Balaban J connectivity index is 2.26. The molecule has 3 nitrogen and oxygen atoms in total. The molecule has 102 valence electrons. The summed E-state index contributed by atoms with van der Waals surface area (Å²) in [6.07, 6.45) is 6.93. The highest BCUT2D eigenvalue weighted by Gasteiger charge is 2.25. The van der Waals surface area contributed by atoms with Crippen LogP contribution in [0.4, 0.5) is 0 Å². The second-order valence-electron chi connectivity index (χ2n) is 5.31. The van der Waals surface area contributed by atoms with Crippen molar-refractivity contribution in [2.75, 3.05) is 25.2 Å². The molecule has 0 aromatic heterocycles. The highest BCUT2D eigenvalue weighted by Crippen LogP contribution is 2.18. The number of rotatable bonds is 7. The van der Waals surface area contributed by atoms with Gasteiger partial charge in [0.25, 0.3) is 0 Å². The van der Waals surface area contributed by atoms with E-state index in [2.05, 4.69) is 12.2 Å². The van der Waals surface area contributed by atoms with Gasteiger partial charge in [-0.3, -0.25) is 0 Å². The molecule has 4 heteroatoms. The first-order valence-corrected chi connectivity index (χ1v) is 8.03. The van der Waals surface area contributed by atoms with Crippen LogP contribution in [0, 0.1) is 0 Å². The molecule has 0 radical (unpaired) electrons. The first-order chi connectivity index (χ1) is 8.07. The minimum absolute atomic E-state index is 0.414. The molecule has 1 aliphatic rings. The molecular weight excluding hydrogens is 234 g/mol. The Labute approximate surface area is 110 Å². The van der Waals surface area contributed by atoms with Crippen LogP contribution in [-0.4, -0.2) is 48.0 Å². The molecule has 0 aromatic rings. The summed E-state index contributed by atoms with van der Waals surface area (Å²) < 4.78 is 5.72. The third kappa shape index (κ3) is 6.09. The van der Waals surface area contributed by atoms with E-state index in [1.165, 1.54) is 6.42 Å². The van der Waals surface area contributed by atoms with E-state index in [1.807, 2.05) is 13.2 Å². The van der Waals surface area contributed by atoms with Crippen LogP contribution in [0.3, 0.4) is 0 Å². The molecule has 0 bridgehead atoms. The lowest BCUT2D eigenvalue weighted by Crippen LogP contribution is -2.47. The first kappa shape index (κ1) is 15.3. The average Bonchev–Trinajstić information content (AvgIpc) is 2.28. The lowest BCUT2D eigenvalue weighted by Gasteiger charge is -2.32. The van der Waals surface area contributed by atoms with Gasteiger partial charge in [0.05, 0.1) is 11.7 Å². The molecule has 0 aliphatic carbocycles. The summed E-state index contributed by atoms with van der Waals surface area (Å²) in [5.74, 6) is 0.779. The van der Waals surface area contributed by atoms with Gasteiger partial charge in [-0.25, -0.2) is 0 Å². The SMILES string of the molecule is CCCC1CC(NCC(C)(O)CSC)CCO1. The smallest absolute Gasteiger partial charge is 0.0833 e. The molecule has 0 saturated carbocycles. The Bertz CT molecular complexity index is 210. The van der Waals surface area contributed by atoms with Crippen molar-refractivity contribution in [3.05, 3.63) is 0 Å². The van der Waals surface area contributed by atoms with Crippen molar-refractivity contribution < 1.29 is 9.84 Å². The number of nitrogens with one attached hydrogen (secondary N) is 1. The largest absolute Gasteiger partial charge is 0.388 e. The minimum atomic E-state index is -0.599. The maximum Gasteiger partial charge on any atom is 0.0833 e. The Morgan fingerprint density at radius 2 is 2.29 bits per heavy atom. The monoisotopic (exact) mass is 261 g/mol. The molecule has 17 heavy (non-hydrogen) atoms. The molecule has 1 rings (SSSR count). The van der Waals surface area contributed by atoms with E-state index in [0.29, 0.717) is 18.7 Å². The standard InChI is InChI=1S/C13H27NO2S/c1-4-5-12-8-11(6-7-16-12)14-9-13(2,15)10-17-3/h11-12,14-15H,4-10H2,1-3H3. The molecule has 1 saturated heterocycles. The lowest BCUT2D eigenvalue weighted by atomic mass is 9.99. The van der Waals surface area contributed by atoms with Crippen LogP contribution >= 0.6 is 11.8 Å². The second kappa shape index (κ2) is 7.62. The van der Waals surface area contributed by atoms with E-state index < -0.39 is 5.60 Å². The first-order valence-electron chi connectivity index (χ1n) is 6.63. The molecule has 0 aromatic carbocycles. The quantitative estimate of drug-likeness (QED) is 0.736. The Morgan fingerprint density at radius 1 is 1.53 bits per heavy atom. The molecule has 0 spiro atoms. The van der Waals surface area contributed by atoms with Crippen LogP contribution in [0.15, 0.2) is 0 Å². The Kier molecular flexibility index (Phi) is 6.85. The third-order valence-electron chi connectivity index (χ3n) is 3.20. The number of ether oxygens (including phenoxy) is 1. The van der Waals surface area contributed by atoms with Crippen LogP contribution in [-0.2, 0) is 4.74 Å². The number of hydrogen-bond acceptors (Lipinski definition) is 4. The van der Waals surface area contributed by atoms with E-state index in [9.17, 15) is 5.11 Å². The molecule has 3 unspecified atom stereocenters. The predicted octanol–water partition coefficient (Wildman–Crippen LogP) is 2.04. The molecule has 3 atom stereocenters. The van der Waals surface area contributed by atoms with Gasteiger partial charge in [0.2, 0.25) is 0 Å². The van der Waals surface area contributed by atoms with Crippen molar-refractivity contribution >= 4 is 11.8 Å². The molecule has 2 N–H and O–H groups in total. The van der Waals surface area contributed by atoms with E-state index in [0.717, 1.165) is 31.6 Å². The number of aliphatic hydroxyl groups is 1. The Morgan fingerprint density at radius 3 is 2.94 bits per heavy atom. The van der Waals surface area contributed by atoms with Crippen LogP contribution in [0.1, 0.15) is 39.5 Å². The molecule has 1 aliphatic heterocycles. The maximum atomic E-state index is 10.1. The van der Waals surface area contributed by atoms with E-state index in [-0.39, 0.29) is 0 Å². The topological polar surface area (TPSA) is 41.5 Å². The van der Waals surface area contributed by atoms with Gasteiger partial charge in [-0.1, -0.05) is 13.3 Å².